The number of alkyl halides is 4. The number of nitrogens with one attached hydrogen (secondary N) is 1. The molecule has 2 N–H and O–H groups in total. The van der Waals surface area contributed by atoms with Crippen LogP contribution in [-0.4, -0.2) is 54.5 Å². The number of hydrogen-bond acceptors (Lipinski definition) is 6. The van der Waals surface area contributed by atoms with Gasteiger partial charge in [-0.05, 0) is 20.8 Å². The highest BCUT2D eigenvalue weighted by Crippen LogP contribution is 2.38. The first-order valence-corrected chi connectivity index (χ1v) is 8.28. The number of carboxylic acids is 1. The van der Waals surface area contributed by atoms with Crippen molar-refractivity contribution >= 4 is 22.2 Å². The second kappa shape index (κ2) is 6.59. The second-order valence-corrected chi connectivity index (χ2v) is 8.04. The maximum Gasteiger partial charge on any atom is 0.523 e. The van der Waals surface area contributed by atoms with Crippen molar-refractivity contribution in [3.05, 3.63) is 0 Å². The van der Waals surface area contributed by atoms with Gasteiger partial charge in [-0.25, -0.2) is 14.0 Å². The molecule has 0 aromatic rings. The molecular weight excluding hydrogens is 378 g/mol. The molecule has 1 aliphatic rings. The van der Waals surface area contributed by atoms with Crippen molar-refractivity contribution in [2.24, 2.45) is 0 Å². The Kier molecular flexibility index (Phi) is 5.65. The van der Waals surface area contributed by atoms with E-state index in [4.69, 9.17) is 4.74 Å². The van der Waals surface area contributed by atoms with Gasteiger partial charge >= 0.3 is 27.7 Å². The highest BCUT2D eigenvalue weighted by molar-refractivity contribution is 7.87. The monoisotopic (exact) mass is 395 g/mol. The first-order chi connectivity index (χ1) is 11.0. The van der Waals surface area contributed by atoms with Gasteiger partial charge in [0.2, 0.25) is 0 Å². The van der Waals surface area contributed by atoms with Crippen LogP contribution in [0, 0.1) is 0 Å². The Hall–Kier alpha value is -1.63. The molecule has 146 valence electrons. The summed E-state index contributed by atoms with van der Waals surface area (Å²) in [5.74, 6) is -1.77. The number of carbonyl (C=O) groups excluding carboxylic acids is 1. The van der Waals surface area contributed by atoms with Crippen molar-refractivity contribution in [2.75, 3.05) is 0 Å². The van der Waals surface area contributed by atoms with Crippen LogP contribution in [0.4, 0.5) is 22.4 Å². The quantitative estimate of drug-likeness (QED) is 0.422. The summed E-state index contributed by atoms with van der Waals surface area (Å²) in [6, 6.07) is 0. The van der Waals surface area contributed by atoms with Crippen LogP contribution < -0.4 is 5.32 Å². The summed E-state index contributed by atoms with van der Waals surface area (Å²) in [6.45, 7) is 4.40. The van der Waals surface area contributed by atoms with E-state index in [9.17, 15) is 40.7 Å². The van der Waals surface area contributed by atoms with Gasteiger partial charge < -0.3 is 15.2 Å². The van der Waals surface area contributed by atoms with Gasteiger partial charge in [-0.1, -0.05) is 0 Å². The van der Waals surface area contributed by atoms with Gasteiger partial charge in [0.15, 0.2) is 0 Å². The Balaban J connectivity index is 2.99. The molecule has 0 heterocycles. The SMILES string of the molecule is CC(C)(C)OC(=O)N[C@]1(C(=O)O)C[C@@H](F)[C@@H](OS(=O)(=O)C(F)(F)F)C1. The minimum Gasteiger partial charge on any atom is -0.479 e. The Labute approximate surface area is 140 Å². The van der Waals surface area contributed by atoms with Gasteiger partial charge in [0.1, 0.15) is 23.4 Å². The van der Waals surface area contributed by atoms with Crippen molar-refractivity contribution in [1.29, 1.82) is 0 Å². The molecule has 25 heavy (non-hydrogen) atoms. The standard InChI is InChI=1S/C12H17F4NO7S/c1-10(2,3)23-9(20)17-11(8(18)19)4-6(13)7(5-11)24-25(21,22)12(14,15)16/h6-7H,4-5H2,1-3H3,(H,17,20)(H,18,19)/t6-,7+,11-/m1/s1. The van der Waals surface area contributed by atoms with E-state index in [0.717, 1.165) is 0 Å². The molecule has 13 heteroatoms. The number of rotatable bonds is 4. The summed E-state index contributed by atoms with van der Waals surface area (Å²) in [4.78, 5) is 23.1. The third-order valence-corrected chi connectivity index (χ3v) is 4.25. The van der Waals surface area contributed by atoms with E-state index in [1.807, 2.05) is 5.32 Å². The zero-order chi connectivity index (χ0) is 19.8. The minimum atomic E-state index is -6.12. The normalized spacial score (nSPS) is 27.8. The molecular formula is C12H17F4NO7S. The van der Waals surface area contributed by atoms with E-state index in [1.54, 1.807) is 0 Å². The van der Waals surface area contributed by atoms with Crippen LogP contribution in [0.5, 0.6) is 0 Å². The summed E-state index contributed by atoms with van der Waals surface area (Å²) in [7, 11) is -6.12. The van der Waals surface area contributed by atoms with E-state index in [2.05, 4.69) is 4.18 Å². The Morgan fingerprint density at radius 3 is 2.12 bits per heavy atom. The summed E-state index contributed by atoms with van der Waals surface area (Å²) in [6.07, 6.45) is -7.86. The number of halogens is 4. The number of carboxylic acid groups (broad SMARTS) is 1. The third kappa shape index (κ3) is 5.17. The first-order valence-electron chi connectivity index (χ1n) is 6.87. The van der Waals surface area contributed by atoms with Gasteiger partial charge in [0, 0.05) is 12.8 Å². The Bertz CT molecular complexity index is 643. The largest absolute Gasteiger partial charge is 0.523 e. The summed E-state index contributed by atoms with van der Waals surface area (Å²) >= 11 is 0. The molecule has 1 saturated carbocycles. The molecule has 1 rings (SSSR count). The van der Waals surface area contributed by atoms with Gasteiger partial charge in [-0.2, -0.15) is 21.6 Å². The zero-order valence-corrected chi connectivity index (χ0v) is 14.2. The summed E-state index contributed by atoms with van der Waals surface area (Å²) in [5, 5.41) is 11.1. The number of alkyl carbamates (subject to hydrolysis) is 1. The number of carbonyl (C=O) groups is 2. The molecule has 0 saturated heterocycles. The maximum atomic E-state index is 13.9. The Morgan fingerprint density at radius 2 is 1.72 bits per heavy atom. The number of amides is 1. The van der Waals surface area contributed by atoms with E-state index in [0.29, 0.717) is 0 Å². The van der Waals surface area contributed by atoms with Crippen LogP contribution >= 0.6 is 0 Å². The van der Waals surface area contributed by atoms with E-state index < -0.39 is 63.9 Å². The van der Waals surface area contributed by atoms with Crippen LogP contribution in [0.2, 0.25) is 0 Å². The lowest BCUT2D eigenvalue weighted by Crippen LogP contribution is -2.54. The second-order valence-electron chi connectivity index (χ2n) is 6.47. The van der Waals surface area contributed by atoms with Crippen LogP contribution in [0.15, 0.2) is 0 Å². The predicted octanol–water partition coefficient (Wildman–Crippen LogP) is 1.70. The smallest absolute Gasteiger partial charge is 0.479 e. The van der Waals surface area contributed by atoms with E-state index in [1.165, 1.54) is 20.8 Å². The van der Waals surface area contributed by atoms with Crippen LogP contribution in [0.1, 0.15) is 33.6 Å². The van der Waals surface area contributed by atoms with Crippen molar-refractivity contribution in [3.63, 3.8) is 0 Å². The van der Waals surface area contributed by atoms with Gasteiger partial charge in [-0.3, -0.25) is 4.18 Å². The average molecular weight is 395 g/mol. The Morgan fingerprint density at radius 1 is 1.20 bits per heavy atom. The van der Waals surface area contributed by atoms with Gasteiger partial charge in [0.05, 0.1) is 0 Å². The lowest BCUT2D eigenvalue weighted by atomic mass is 9.98. The highest BCUT2D eigenvalue weighted by Gasteiger charge is 2.57. The molecule has 1 aliphatic carbocycles. The van der Waals surface area contributed by atoms with E-state index >= 15 is 0 Å². The van der Waals surface area contributed by atoms with Crippen LogP contribution in [0.3, 0.4) is 0 Å². The molecule has 0 aromatic carbocycles. The molecule has 1 fully saturated rings. The van der Waals surface area contributed by atoms with E-state index in [-0.39, 0.29) is 0 Å². The zero-order valence-electron chi connectivity index (χ0n) is 13.4. The average Bonchev–Trinajstić information content (AvgIpc) is 2.62. The predicted molar refractivity (Wildman–Crippen MR) is 73.7 cm³/mol. The molecule has 0 aliphatic heterocycles. The highest BCUT2D eigenvalue weighted by atomic mass is 32.2. The van der Waals surface area contributed by atoms with Gasteiger partial charge in [0.25, 0.3) is 0 Å². The lowest BCUT2D eigenvalue weighted by Gasteiger charge is -2.28. The molecule has 8 nitrogen and oxygen atoms in total. The number of ether oxygens (including phenoxy) is 1. The van der Waals surface area contributed by atoms with Crippen molar-refractivity contribution in [2.45, 2.75) is 62.5 Å². The third-order valence-electron chi connectivity index (χ3n) is 3.18. The molecule has 0 radical (unpaired) electrons. The first kappa shape index (κ1) is 21.4. The fraction of sp³-hybridized carbons (Fsp3) is 0.833. The molecule has 0 spiro atoms. The fourth-order valence-electron chi connectivity index (χ4n) is 2.16. The van der Waals surface area contributed by atoms with Crippen LogP contribution in [0.25, 0.3) is 0 Å². The summed E-state index contributed by atoms with van der Waals surface area (Å²) < 4.78 is 81.4. The lowest BCUT2D eigenvalue weighted by molar-refractivity contribution is -0.145. The molecule has 0 unspecified atom stereocenters. The molecule has 1 amide bonds. The molecule has 3 atom stereocenters. The fourth-order valence-corrected chi connectivity index (χ4v) is 2.78. The van der Waals surface area contributed by atoms with Crippen LogP contribution in [-0.2, 0) is 23.8 Å². The molecule has 0 aromatic heterocycles. The van der Waals surface area contributed by atoms with Gasteiger partial charge in [-0.15, -0.1) is 0 Å². The van der Waals surface area contributed by atoms with Crippen molar-refractivity contribution < 1.29 is 49.6 Å². The molecule has 0 bridgehead atoms. The van der Waals surface area contributed by atoms with Crippen molar-refractivity contribution in [1.82, 2.24) is 5.32 Å². The summed E-state index contributed by atoms with van der Waals surface area (Å²) in [5.41, 5.74) is -9.18. The minimum absolute atomic E-state index is 0.986. The topological polar surface area (TPSA) is 119 Å². The number of aliphatic carboxylic acids is 1. The van der Waals surface area contributed by atoms with Crippen molar-refractivity contribution in [3.8, 4) is 0 Å². The maximum absolute atomic E-state index is 13.9. The number of hydrogen-bond donors (Lipinski definition) is 2.